The van der Waals surface area contributed by atoms with Gasteiger partial charge in [0.05, 0.1) is 0 Å². The molecule has 0 spiro atoms. The third kappa shape index (κ3) is 3.88. The van der Waals surface area contributed by atoms with Crippen molar-refractivity contribution in [1.82, 2.24) is 4.90 Å². The summed E-state index contributed by atoms with van der Waals surface area (Å²) in [6, 6.07) is 10.5. The van der Waals surface area contributed by atoms with E-state index >= 15 is 0 Å². The Morgan fingerprint density at radius 3 is 2.89 bits per heavy atom. The predicted octanol–water partition coefficient (Wildman–Crippen LogP) is 2.30. The molecule has 1 saturated heterocycles. The van der Waals surface area contributed by atoms with E-state index in [0.717, 1.165) is 18.8 Å². The number of amidine groups is 1. The molecule has 1 heterocycles. The quantitative estimate of drug-likeness (QED) is 0.384. The van der Waals surface area contributed by atoms with Gasteiger partial charge in [-0.3, -0.25) is 4.90 Å². The Hall–Kier alpha value is -1.20. The number of rotatable bonds is 4. The standard InChI is InChI=1S/C14H21N3OS/c1-11-10-17(7-8-19-11)13(9-14(15)16-18)12-5-3-2-4-6-12/h2-6,11,13,18H,7-10H2,1H3,(H2,15,16). The van der Waals surface area contributed by atoms with E-state index in [2.05, 4.69) is 29.1 Å². The third-order valence-electron chi connectivity index (χ3n) is 3.43. The van der Waals surface area contributed by atoms with Crippen molar-refractivity contribution < 1.29 is 5.21 Å². The van der Waals surface area contributed by atoms with Gasteiger partial charge in [0.25, 0.3) is 0 Å². The fourth-order valence-corrected chi connectivity index (χ4v) is 3.54. The van der Waals surface area contributed by atoms with Crippen LogP contribution in [-0.2, 0) is 0 Å². The maximum absolute atomic E-state index is 8.82. The lowest BCUT2D eigenvalue weighted by atomic mass is 10.0. The van der Waals surface area contributed by atoms with Crippen LogP contribution < -0.4 is 5.73 Å². The first-order valence-corrected chi connectivity index (χ1v) is 7.62. The summed E-state index contributed by atoms with van der Waals surface area (Å²) in [6.45, 7) is 4.35. The molecule has 1 aliphatic rings. The monoisotopic (exact) mass is 279 g/mol. The summed E-state index contributed by atoms with van der Waals surface area (Å²) in [7, 11) is 0. The first-order chi connectivity index (χ1) is 9.20. The summed E-state index contributed by atoms with van der Waals surface area (Å²) in [5.74, 6) is 1.43. The van der Waals surface area contributed by atoms with Crippen molar-refractivity contribution in [3.63, 3.8) is 0 Å². The molecular formula is C14H21N3OS. The minimum Gasteiger partial charge on any atom is -0.409 e. The van der Waals surface area contributed by atoms with Gasteiger partial charge in [-0.1, -0.05) is 42.4 Å². The van der Waals surface area contributed by atoms with Crippen LogP contribution >= 0.6 is 11.8 Å². The molecule has 104 valence electrons. The molecule has 1 aliphatic heterocycles. The van der Waals surface area contributed by atoms with Crippen LogP contribution in [0.2, 0.25) is 0 Å². The summed E-state index contributed by atoms with van der Waals surface area (Å²) in [5.41, 5.74) is 6.95. The molecular weight excluding hydrogens is 258 g/mol. The Balaban J connectivity index is 2.18. The molecule has 0 radical (unpaired) electrons. The molecule has 0 aliphatic carbocycles. The number of thioether (sulfide) groups is 1. The van der Waals surface area contributed by atoms with Crippen LogP contribution in [-0.4, -0.2) is 40.0 Å². The second-order valence-corrected chi connectivity index (χ2v) is 6.44. The maximum Gasteiger partial charge on any atom is 0.141 e. The first kappa shape index (κ1) is 14.2. The average Bonchev–Trinajstić information content (AvgIpc) is 2.45. The van der Waals surface area contributed by atoms with Crippen molar-refractivity contribution in [3.05, 3.63) is 35.9 Å². The minimum absolute atomic E-state index is 0.195. The number of hydrogen-bond acceptors (Lipinski definition) is 4. The number of oxime groups is 1. The topological polar surface area (TPSA) is 61.8 Å². The average molecular weight is 279 g/mol. The van der Waals surface area contributed by atoms with Crippen LogP contribution in [0.4, 0.5) is 0 Å². The molecule has 19 heavy (non-hydrogen) atoms. The van der Waals surface area contributed by atoms with Crippen molar-refractivity contribution in [2.24, 2.45) is 10.9 Å². The highest BCUT2D eigenvalue weighted by Gasteiger charge is 2.26. The van der Waals surface area contributed by atoms with Crippen molar-refractivity contribution in [1.29, 1.82) is 0 Å². The number of benzene rings is 1. The maximum atomic E-state index is 8.82. The first-order valence-electron chi connectivity index (χ1n) is 6.57. The lowest BCUT2D eigenvalue weighted by Gasteiger charge is -2.37. The van der Waals surface area contributed by atoms with Gasteiger partial charge in [0, 0.05) is 36.6 Å². The molecule has 2 unspecified atom stereocenters. The largest absolute Gasteiger partial charge is 0.409 e. The van der Waals surface area contributed by atoms with E-state index in [1.54, 1.807) is 0 Å². The third-order valence-corrected chi connectivity index (χ3v) is 4.56. The summed E-state index contributed by atoms with van der Waals surface area (Å²) >= 11 is 2.01. The van der Waals surface area contributed by atoms with Gasteiger partial charge in [-0.15, -0.1) is 0 Å². The van der Waals surface area contributed by atoms with Crippen molar-refractivity contribution in [2.45, 2.75) is 24.6 Å². The molecule has 1 fully saturated rings. The molecule has 2 rings (SSSR count). The highest BCUT2D eigenvalue weighted by atomic mass is 32.2. The second kappa shape index (κ2) is 6.82. The Morgan fingerprint density at radius 1 is 1.53 bits per heavy atom. The Labute approximate surface area is 118 Å². The highest BCUT2D eigenvalue weighted by Crippen LogP contribution is 2.29. The summed E-state index contributed by atoms with van der Waals surface area (Å²) in [4.78, 5) is 2.44. The zero-order chi connectivity index (χ0) is 13.7. The molecule has 0 aromatic heterocycles. The molecule has 0 amide bonds. The SMILES string of the molecule is CC1CN(C(C/C(N)=N/O)c2ccccc2)CCS1. The van der Waals surface area contributed by atoms with Crippen LogP contribution in [0.1, 0.15) is 24.9 Å². The van der Waals surface area contributed by atoms with Crippen molar-refractivity contribution >= 4 is 17.6 Å². The molecule has 1 aromatic carbocycles. The summed E-state index contributed by atoms with van der Waals surface area (Å²) < 4.78 is 0. The van der Waals surface area contributed by atoms with Crippen LogP contribution in [0.3, 0.4) is 0 Å². The Bertz CT molecular complexity index is 424. The normalized spacial score (nSPS) is 23.2. The Kier molecular flexibility index (Phi) is 5.10. The number of nitrogens with two attached hydrogens (primary N) is 1. The molecule has 2 atom stereocenters. The van der Waals surface area contributed by atoms with E-state index in [9.17, 15) is 0 Å². The number of hydrogen-bond donors (Lipinski definition) is 2. The predicted molar refractivity (Wildman–Crippen MR) is 80.7 cm³/mol. The van der Waals surface area contributed by atoms with Gasteiger partial charge in [-0.05, 0) is 5.56 Å². The zero-order valence-electron chi connectivity index (χ0n) is 11.2. The Morgan fingerprint density at radius 2 is 2.26 bits per heavy atom. The van der Waals surface area contributed by atoms with Gasteiger partial charge in [-0.25, -0.2) is 0 Å². The van der Waals surface area contributed by atoms with E-state index in [0.29, 0.717) is 17.5 Å². The van der Waals surface area contributed by atoms with Gasteiger partial charge >= 0.3 is 0 Å². The van der Waals surface area contributed by atoms with Crippen LogP contribution in [0.15, 0.2) is 35.5 Å². The van der Waals surface area contributed by atoms with Crippen LogP contribution in [0.25, 0.3) is 0 Å². The lowest BCUT2D eigenvalue weighted by Crippen LogP contribution is -2.40. The fourth-order valence-electron chi connectivity index (χ4n) is 2.50. The zero-order valence-corrected chi connectivity index (χ0v) is 12.0. The van der Waals surface area contributed by atoms with Gasteiger partial charge < -0.3 is 10.9 Å². The van der Waals surface area contributed by atoms with Gasteiger partial charge in [0.15, 0.2) is 0 Å². The van der Waals surface area contributed by atoms with Gasteiger partial charge in [-0.2, -0.15) is 11.8 Å². The summed E-state index contributed by atoms with van der Waals surface area (Å²) in [5, 5.41) is 12.6. The minimum atomic E-state index is 0.195. The highest BCUT2D eigenvalue weighted by molar-refractivity contribution is 7.99. The smallest absolute Gasteiger partial charge is 0.141 e. The summed E-state index contributed by atoms with van der Waals surface area (Å²) in [6.07, 6.45) is 0.567. The number of nitrogens with zero attached hydrogens (tertiary/aromatic N) is 2. The lowest BCUT2D eigenvalue weighted by molar-refractivity contribution is 0.209. The molecule has 4 nitrogen and oxygen atoms in total. The van der Waals surface area contributed by atoms with Crippen molar-refractivity contribution in [2.75, 3.05) is 18.8 Å². The van der Waals surface area contributed by atoms with E-state index in [1.165, 1.54) is 5.56 Å². The second-order valence-electron chi connectivity index (χ2n) is 4.90. The van der Waals surface area contributed by atoms with Crippen molar-refractivity contribution in [3.8, 4) is 0 Å². The van der Waals surface area contributed by atoms with E-state index in [1.807, 2.05) is 30.0 Å². The van der Waals surface area contributed by atoms with E-state index in [-0.39, 0.29) is 6.04 Å². The molecule has 1 aromatic rings. The van der Waals surface area contributed by atoms with Gasteiger partial charge in [0.2, 0.25) is 0 Å². The molecule has 0 bridgehead atoms. The van der Waals surface area contributed by atoms with Crippen LogP contribution in [0, 0.1) is 0 Å². The fraction of sp³-hybridized carbons (Fsp3) is 0.500. The molecule has 5 heteroatoms. The van der Waals surface area contributed by atoms with E-state index in [4.69, 9.17) is 10.9 Å². The molecule has 3 N–H and O–H groups in total. The van der Waals surface area contributed by atoms with Crippen LogP contribution in [0.5, 0.6) is 0 Å². The van der Waals surface area contributed by atoms with E-state index < -0.39 is 0 Å². The van der Waals surface area contributed by atoms with Gasteiger partial charge in [0.1, 0.15) is 5.84 Å². The molecule has 0 saturated carbocycles.